The summed E-state index contributed by atoms with van der Waals surface area (Å²) >= 11 is 0. The molecule has 1 amide bonds. The monoisotopic (exact) mass is 332 g/mol. The second-order valence-electron chi connectivity index (χ2n) is 7.03. The average molecular weight is 332 g/mol. The lowest BCUT2D eigenvalue weighted by Gasteiger charge is -2.09. The summed E-state index contributed by atoms with van der Waals surface area (Å²) < 4.78 is 2.32. The highest BCUT2D eigenvalue weighted by atomic mass is 16.1. The summed E-state index contributed by atoms with van der Waals surface area (Å²) in [5.74, 6) is 0.0419. The molecule has 1 aliphatic rings. The van der Waals surface area contributed by atoms with Crippen LogP contribution in [0.1, 0.15) is 46.2 Å². The molecule has 0 radical (unpaired) electrons. The number of carbonyl (C=O) groups excluding carboxylic acids is 1. The Balaban J connectivity index is 1.45. The van der Waals surface area contributed by atoms with Gasteiger partial charge >= 0.3 is 0 Å². The van der Waals surface area contributed by atoms with Gasteiger partial charge in [0.1, 0.15) is 0 Å². The number of amides is 1. The molecule has 0 aliphatic heterocycles. The third kappa shape index (κ3) is 3.07. The van der Waals surface area contributed by atoms with Gasteiger partial charge in [0.15, 0.2) is 0 Å². The third-order valence-electron chi connectivity index (χ3n) is 5.20. The highest BCUT2D eigenvalue weighted by Crippen LogP contribution is 2.38. The quantitative estimate of drug-likeness (QED) is 0.730. The van der Waals surface area contributed by atoms with Gasteiger partial charge in [0, 0.05) is 24.0 Å². The maximum absolute atomic E-state index is 12.6. The van der Waals surface area contributed by atoms with Gasteiger partial charge in [-0.3, -0.25) is 4.79 Å². The Morgan fingerprint density at radius 3 is 2.68 bits per heavy atom. The molecule has 3 aromatic rings. The van der Waals surface area contributed by atoms with Crippen molar-refractivity contribution in [3.8, 4) is 0 Å². The zero-order valence-corrected chi connectivity index (χ0v) is 14.9. The second kappa shape index (κ2) is 6.40. The van der Waals surface area contributed by atoms with E-state index in [1.165, 1.54) is 34.9 Å². The van der Waals surface area contributed by atoms with E-state index in [1.807, 2.05) is 6.07 Å². The van der Waals surface area contributed by atoms with Crippen molar-refractivity contribution in [2.24, 2.45) is 0 Å². The molecule has 1 heterocycles. The Bertz CT molecular complexity index is 929. The van der Waals surface area contributed by atoms with Crippen LogP contribution in [0.5, 0.6) is 0 Å². The highest BCUT2D eigenvalue weighted by molar-refractivity contribution is 5.95. The van der Waals surface area contributed by atoms with Crippen molar-refractivity contribution in [2.75, 3.05) is 6.54 Å². The van der Waals surface area contributed by atoms with Gasteiger partial charge in [0.05, 0.1) is 5.56 Å². The van der Waals surface area contributed by atoms with E-state index in [1.54, 1.807) is 0 Å². The SMILES string of the molecule is Cc1cc(C(=O)NCCc2cccc3ccccc23)c(C)n1C1CC1. The molecule has 3 heteroatoms. The van der Waals surface area contributed by atoms with Crippen LogP contribution in [0, 0.1) is 13.8 Å². The van der Waals surface area contributed by atoms with Crippen LogP contribution >= 0.6 is 0 Å². The molecule has 0 saturated heterocycles. The van der Waals surface area contributed by atoms with Crippen LogP contribution in [-0.2, 0) is 6.42 Å². The molecule has 1 N–H and O–H groups in total. The number of hydrogen-bond donors (Lipinski definition) is 1. The number of nitrogens with one attached hydrogen (secondary N) is 1. The summed E-state index contributed by atoms with van der Waals surface area (Å²) in [5.41, 5.74) is 4.39. The van der Waals surface area contributed by atoms with E-state index < -0.39 is 0 Å². The first-order chi connectivity index (χ1) is 12.1. The van der Waals surface area contributed by atoms with E-state index in [0.717, 1.165) is 17.7 Å². The molecule has 1 aliphatic carbocycles. The minimum Gasteiger partial charge on any atom is -0.352 e. The molecule has 3 nitrogen and oxygen atoms in total. The van der Waals surface area contributed by atoms with Crippen molar-refractivity contribution in [1.29, 1.82) is 0 Å². The van der Waals surface area contributed by atoms with Crippen molar-refractivity contribution in [3.05, 3.63) is 71.0 Å². The van der Waals surface area contributed by atoms with Crippen molar-refractivity contribution < 1.29 is 4.79 Å². The van der Waals surface area contributed by atoms with Gasteiger partial charge in [-0.05, 0) is 55.5 Å². The topological polar surface area (TPSA) is 34.0 Å². The summed E-state index contributed by atoms with van der Waals surface area (Å²) in [6.45, 7) is 4.81. The van der Waals surface area contributed by atoms with E-state index in [9.17, 15) is 4.79 Å². The summed E-state index contributed by atoms with van der Waals surface area (Å²) in [6.07, 6.45) is 3.31. The summed E-state index contributed by atoms with van der Waals surface area (Å²) in [5, 5.41) is 5.62. The molecule has 25 heavy (non-hydrogen) atoms. The lowest BCUT2D eigenvalue weighted by molar-refractivity contribution is 0.0953. The molecular formula is C22H24N2O. The van der Waals surface area contributed by atoms with Crippen molar-refractivity contribution in [2.45, 2.75) is 39.2 Å². The first kappa shape index (κ1) is 15.9. The van der Waals surface area contributed by atoms with Crippen LogP contribution in [0.4, 0.5) is 0 Å². The standard InChI is InChI=1S/C22H24N2O/c1-15-14-21(16(2)24(15)19-10-11-19)22(25)23-13-12-18-8-5-7-17-6-3-4-9-20(17)18/h3-9,14,19H,10-13H2,1-2H3,(H,23,25). The fourth-order valence-corrected chi connectivity index (χ4v) is 3.82. The Morgan fingerprint density at radius 1 is 1.12 bits per heavy atom. The van der Waals surface area contributed by atoms with Crippen LogP contribution in [0.15, 0.2) is 48.5 Å². The zero-order valence-electron chi connectivity index (χ0n) is 14.9. The van der Waals surface area contributed by atoms with Gasteiger partial charge in [-0.25, -0.2) is 0 Å². The normalized spacial score (nSPS) is 14.0. The van der Waals surface area contributed by atoms with E-state index in [-0.39, 0.29) is 5.91 Å². The first-order valence-electron chi connectivity index (χ1n) is 9.08. The smallest absolute Gasteiger partial charge is 0.253 e. The largest absolute Gasteiger partial charge is 0.352 e. The molecule has 0 atom stereocenters. The van der Waals surface area contributed by atoms with Gasteiger partial charge in [-0.1, -0.05) is 42.5 Å². The predicted octanol–water partition coefficient (Wildman–Crippen LogP) is 4.57. The van der Waals surface area contributed by atoms with Crippen LogP contribution in [-0.4, -0.2) is 17.0 Å². The molecule has 1 aromatic heterocycles. The predicted molar refractivity (Wildman–Crippen MR) is 102 cm³/mol. The van der Waals surface area contributed by atoms with Gasteiger partial charge in [0.25, 0.3) is 5.91 Å². The molecule has 0 unspecified atom stereocenters. The third-order valence-corrected chi connectivity index (χ3v) is 5.20. The molecular weight excluding hydrogens is 308 g/mol. The van der Waals surface area contributed by atoms with Gasteiger partial charge in [-0.15, -0.1) is 0 Å². The van der Waals surface area contributed by atoms with Crippen molar-refractivity contribution in [3.63, 3.8) is 0 Å². The summed E-state index contributed by atoms with van der Waals surface area (Å²) in [6, 6.07) is 17.4. The van der Waals surface area contributed by atoms with Gasteiger partial charge in [0.2, 0.25) is 0 Å². The molecule has 4 rings (SSSR count). The number of hydrogen-bond acceptors (Lipinski definition) is 1. The fraction of sp³-hybridized carbons (Fsp3) is 0.318. The molecule has 1 fully saturated rings. The highest BCUT2D eigenvalue weighted by Gasteiger charge is 2.28. The van der Waals surface area contributed by atoms with Crippen LogP contribution in [0.25, 0.3) is 10.8 Å². The number of nitrogens with zero attached hydrogens (tertiary/aromatic N) is 1. The minimum absolute atomic E-state index is 0.0419. The van der Waals surface area contributed by atoms with Gasteiger partial charge < -0.3 is 9.88 Å². The minimum atomic E-state index is 0.0419. The number of fused-ring (bicyclic) bond motifs is 1. The average Bonchev–Trinajstić information content (AvgIpc) is 3.40. The maximum Gasteiger partial charge on any atom is 0.253 e. The Labute approximate surface area is 148 Å². The van der Waals surface area contributed by atoms with Crippen molar-refractivity contribution in [1.82, 2.24) is 9.88 Å². The van der Waals surface area contributed by atoms with E-state index in [0.29, 0.717) is 12.6 Å². The molecule has 0 bridgehead atoms. The molecule has 2 aromatic carbocycles. The van der Waals surface area contributed by atoms with Crippen LogP contribution < -0.4 is 5.32 Å². The molecule has 128 valence electrons. The molecule has 0 spiro atoms. The lowest BCUT2D eigenvalue weighted by atomic mass is 10.0. The Morgan fingerprint density at radius 2 is 1.88 bits per heavy atom. The van der Waals surface area contributed by atoms with Crippen molar-refractivity contribution >= 4 is 16.7 Å². The number of rotatable bonds is 5. The van der Waals surface area contributed by atoms with Crippen LogP contribution in [0.2, 0.25) is 0 Å². The summed E-state index contributed by atoms with van der Waals surface area (Å²) in [4.78, 5) is 12.6. The number of carbonyl (C=O) groups is 1. The maximum atomic E-state index is 12.6. The number of benzene rings is 2. The van der Waals surface area contributed by atoms with E-state index in [2.05, 4.69) is 66.2 Å². The number of aryl methyl sites for hydroxylation is 1. The molecule has 1 saturated carbocycles. The Hall–Kier alpha value is -2.55. The van der Waals surface area contributed by atoms with E-state index >= 15 is 0 Å². The van der Waals surface area contributed by atoms with Crippen LogP contribution in [0.3, 0.4) is 0 Å². The van der Waals surface area contributed by atoms with E-state index in [4.69, 9.17) is 0 Å². The first-order valence-corrected chi connectivity index (χ1v) is 9.08. The zero-order chi connectivity index (χ0) is 17.4. The number of aromatic nitrogens is 1. The summed E-state index contributed by atoms with van der Waals surface area (Å²) in [7, 11) is 0. The Kier molecular flexibility index (Phi) is 4.08. The fourth-order valence-electron chi connectivity index (χ4n) is 3.82. The van der Waals surface area contributed by atoms with Gasteiger partial charge in [-0.2, -0.15) is 0 Å². The lowest BCUT2D eigenvalue weighted by Crippen LogP contribution is -2.26. The second-order valence-corrected chi connectivity index (χ2v) is 7.03.